The molecule has 0 spiro atoms. The number of methoxy groups -OCH3 is 5. The molecule has 5 rings (SSSR count). The van der Waals surface area contributed by atoms with Gasteiger partial charge in [-0.1, -0.05) is 18.2 Å². The smallest absolute Gasteiger partial charge is 0.203 e. The lowest BCUT2D eigenvalue weighted by Gasteiger charge is -2.27. The predicted molar refractivity (Wildman–Crippen MR) is 142 cm³/mol. The molecule has 0 aliphatic heterocycles. The van der Waals surface area contributed by atoms with Crippen LogP contribution in [0.1, 0.15) is 28.4 Å². The summed E-state index contributed by atoms with van der Waals surface area (Å²) in [5.74, 6) is 3.47. The molecule has 37 heavy (non-hydrogen) atoms. The minimum Gasteiger partial charge on any atom is -0.496 e. The molecule has 0 fully saturated rings. The van der Waals surface area contributed by atoms with E-state index in [-0.39, 0.29) is 11.3 Å². The molecule has 1 atom stereocenters. The van der Waals surface area contributed by atoms with Crippen molar-refractivity contribution in [1.29, 1.82) is 0 Å². The van der Waals surface area contributed by atoms with E-state index < -0.39 is 0 Å². The average molecular weight is 501 g/mol. The molecule has 1 unspecified atom stereocenters. The third-order valence-electron chi connectivity index (χ3n) is 6.80. The van der Waals surface area contributed by atoms with Crippen LogP contribution in [0.15, 0.2) is 63.8 Å². The summed E-state index contributed by atoms with van der Waals surface area (Å²) in [6.07, 6.45) is 2.40. The first-order valence-corrected chi connectivity index (χ1v) is 11.8. The molecule has 1 aromatic heterocycles. The minimum absolute atomic E-state index is 0.127. The topological polar surface area (TPSA) is 76.4 Å². The number of rotatable bonds is 7. The normalized spacial score (nSPS) is 14.5. The second kappa shape index (κ2) is 9.93. The third-order valence-corrected chi connectivity index (χ3v) is 6.80. The molecule has 0 N–H and O–H groups in total. The molecule has 0 saturated carbocycles. The van der Waals surface area contributed by atoms with Crippen molar-refractivity contribution in [2.45, 2.75) is 12.3 Å². The predicted octanol–water partition coefficient (Wildman–Crippen LogP) is 5.72. The van der Waals surface area contributed by atoms with E-state index in [1.807, 2.05) is 48.5 Å². The molecule has 4 aromatic rings. The first kappa shape index (κ1) is 24.3. The van der Waals surface area contributed by atoms with Crippen LogP contribution in [0, 0.1) is 0 Å². The molecule has 7 heteroatoms. The van der Waals surface area contributed by atoms with Gasteiger partial charge in [-0.2, -0.15) is 0 Å². The van der Waals surface area contributed by atoms with Gasteiger partial charge in [0.15, 0.2) is 23.0 Å². The molecule has 0 radical (unpaired) electrons. The van der Waals surface area contributed by atoms with E-state index in [1.165, 1.54) is 0 Å². The Morgan fingerprint density at radius 2 is 1.38 bits per heavy atom. The molecule has 3 aromatic carbocycles. The van der Waals surface area contributed by atoms with Crippen LogP contribution in [0.3, 0.4) is 0 Å². The number of hydrogen-bond acceptors (Lipinski definition) is 7. The van der Waals surface area contributed by atoms with Gasteiger partial charge in [-0.05, 0) is 59.2 Å². The van der Waals surface area contributed by atoms with Crippen molar-refractivity contribution in [3.63, 3.8) is 0 Å². The van der Waals surface area contributed by atoms with Crippen LogP contribution in [0.2, 0.25) is 0 Å². The lowest BCUT2D eigenvalue weighted by molar-refractivity contribution is 0.354. The van der Waals surface area contributed by atoms with E-state index in [0.717, 1.165) is 16.7 Å². The molecule has 7 nitrogen and oxygen atoms in total. The summed E-state index contributed by atoms with van der Waals surface area (Å²) < 4.78 is 33.8. The summed E-state index contributed by atoms with van der Waals surface area (Å²) in [6.45, 7) is 0. The van der Waals surface area contributed by atoms with Crippen molar-refractivity contribution in [2.24, 2.45) is 0 Å². The second-order valence-corrected chi connectivity index (χ2v) is 8.64. The molecule has 0 bridgehead atoms. The Hall–Kier alpha value is -4.39. The van der Waals surface area contributed by atoms with Crippen LogP contribution in [0.25, 0.3) is 22.6 Å². The van der Waals surface area contributed by atoms with Crippen molar-refractivity contribution < 1.29 is 28.1 Å². The first-order chi connectivity index (χ1) is 18.0. The van der Waals surface area contributed by atoms with E-state index in [1.54, 1.807) is 47.7 Å². The van der Waals surface area contributed by atoms with Crippen molar-refractivity contribution in [2.75, 3.05) is 35.5 Å². The van der Waals surface area contributed by atoms with Gasteiger partial charge in [0.1, 0.15) is 22.5 Å². The Bertz CT molecular complexity index is 1560. The minimum atomic E-state index is -0.128. The van der Waals surface area contributed by atoms with Crippen molar-refractivity contribution >= 4 is 22.6 Å². The maximum Gasteiger partial charge on any atom is 0.203 e. The van der Waals surface area contributed by atoms with Gasteiger partial charge in [0.25, 0.3) is 0 Å². The molecule has 1 heterocycles. The molecule has 1 aliphatic carbocycles. The molecular formula is C30H28O7. The Kier molecular flexibility index (Phi) is 6.53. The summed E-state index contributed by atoms with van der Waals surface area (Å²) in [5, 5.41) is 0.427. The lowest BCUT2D eigenvalue weighted by Crippen LogP contribution is -2.18. The van der Waals surface area contributed by atoms with Crippen LogP contribution in [-0.4, -0.2) is 35.5 Å². The number of benzene rings is 3. The summed E-state index contributed by atoms with van der Waals surface area (Å²) in [7, 11) is 7.97. The Balaban J connectivity index is 1.76. The zero-order valence-corrected chi connectivity index (χ0v) is 21.4. The van der Waals surface area contributed by atoms with Gasteiger partial charge >= 0.3 is 0 Å². The van der Waals surface area contributed by atoms with Gasteiger partial charge in [-0.3, -0.25) is 4.79 Å². The average Bonchev–Trinajstić information content (AvgIpc) is 2.95. The number of ether oxygens (including phenoxy) is 5. The Morgan fingerprint density at radius 1 is 0.730 bits per heavy atom. The largest absolute Gasteiger partial charge is 0.496 e. The van der Waals surface area contributed by atoms with Crippen LogP contribution >= 0.6 is 0 Å². The number of hydrogen-bond donors (Lipinski definition) is 0. The van der Waals surface area contributed by atoms with Gasteiger partial charge in [0, 0.05) is 12.3 Å². The molecule has 0 amide bonds. The van der Waals surface area contributed by atoms with Gasteiger partial charge < -0.3 is 28.1 Å². The van der Waals surface area contributed by atoms with Crippen LogP contribution < -0.4 is 29.1 Å². The third kappa shape index (κ3) is 4.16. The summed E-state index contributed by atoms with van der Waals surface area (Å²) in [5.41, 5.74) is 3.73. The maximum absolute atomic E-state index is 13.7. The van der Waals surface area contributed by atoms with Gasteiger partial charge in [0.05, 0.1) is 41.1 Å². The summed E-state index contributed by atoms with van der Waals surface area (Å²) in [6, 6.07) is 17.0. The molecule has 0 saturated heterocycles. The van der Waals surface area contributed by atoms with E-state index in [2.05, 4.69) is 0 Å². The van der Waals surface area contributed by atoms with Crippen LogP contribution in [0.5, 0.6) is 28.7 Å². The van der Waals surface area contributed by atoms with Crippen molar-refractivity contribution in [1.82, 2.24) is 0 Å². The Labute approximate surface area is 214 Å². The molecule has 190 valence electrons. The standard InChI is InChI=1S/C30H28O7/c1-32-22-11-9-17(13-27(22)35-4)19-15-21-26(37-25-8-6-7-24(34-3)29(25)30(21)31)16-20(19)18-10-12-23(33-2)28(14-18)36-5/h6-15,20H,16H2,1-5H3. The highest BCUT2D eigenvalue weighted by Gasteiger charge is 2.30. The second-order valence-electron chi connectivity index (χ2n) is 8.64. The van der Waals surface area contributed by atoms with E-state index in [0.29, 0.717) is 57.5 Å². The fraction of sp³-hybridized carbons (Fsp3) is 0.233. The van der Waals surface area contributed by atoms with Crippen molar-refractivity contribution in [3.8, 4) is 28.7 Å². The highest BCUT2D eigenvalue weighted by atomic mass is 16.5. The zero-order valence-electron chi connectivity index (χ0n) is 21.4. The van der Waals surface area contributed by atoms with E-state index in [9.17, 15) is 4.79 Å². The fourth-order valence-electron chi connectivity index (χ4n) is 4.96. The van der Waals surface area contributed by atoms with Gasteiger partial charge in [-0.25, -0.2) is 0 Å². The molecular weight excluding hydrogens is 472 g/mol. The van der Waals surface area contributed by atoms with Crippen molar-refractivity contribution in [3.05, 3.63) is 87.3 Å². The monoisotopic (exact) mass is 500 g/mol. The number of allylic oxidation sites excluding steroid dienone is 1. The van der Waals surface area contributed by atoms with E-state index in [4.69, 9.17) is 28.1 Å². The number of fused-ring (bicyclic) bond motifs is 2. The highest BCUT2D eigenvalue weighted by Crippen LogP contribution is 2.45. The van der Waals surface area contributed by atoms with Gasteiger partial charge in [-0.15, -0.1) is 0 Å². The first-order valence-electron chi connectivity index (χ1n) is 11.8. The summed E-state index contributed by atoms with van der Waals surface area (Å²) >= 11 is 0. The van der Waals surface area contributed by atoms with Crippen LogP contribution in [-0.2, 0) is 6.42 Å². The maximum atomic E-state index is 13.7. The molecule has 1 aliphatic rings. The quantitative estimate of drug-likeness (QED) is 0.321. The SMILES string of the molecule is COc1ccc(C2=Cc3c(oc4cccc(OC)c4c3=O)CC2c2ccc(OC)c(OC)c2)cc1OC. The highest BCUT2D eigenvalue weighted by molar-refractivity contribution is 5.92. The van der Waals surface area contributed by atoms with E-state index >= 15 is 0 Å². The zero-order chi connectivity index (χ0) is 26.1. The Morgan fingerprint density at radius 3 is 2.05 bits per heavy atom. The fourth-order valence-corrected chi connectivity index (χ4v) is 4.96. The van der Waals surface area contributed by atoms with Crippen LogP contribution in [0.4, 0.5) is 0 Å². The van der Waals surface area contributed by atoms with Gasteiger partial charge in [0.2, 0.25) is 5.43 Å². The lowest BCUT2D eigenvalue weighted by atomic mass is 9.78. The summed E-state index contributed by atoms with van der Waals surface area (Å²) in [4.78, 5) is 13.7.